The van der Waals surface area contributed by atoms with E-state index >= 15 is 0 Å². The molecule has 4 nitrogen and oxygen atoms in total. The van der Waals surface area contributed by atoms with Gasteiger partial charge in [0.15, 0.2) is 0 Å². The number of aromatic nitrogens is 2. The van der Waals surface area contributed by atoms with Crippen LogP contribution in [0, 0.1) is 6.92 Å². The van der Waals surface area contributed by atoms with Gasteiger partial charge in [0, 0.05) is 12.5 Å². The molecule has 0 aliphatic carbocycles. The summed E-state index contributed by atoms with van der Waals surface area (Å²) in [4.78, 5) is 0. The maximum atomic E-state index is 8.92. The Bertz CT molecular complexity index is 248. The lowest BCUT2D eigenvalue weighted by molar-refractivity contribution is 0.265. The zero-order valence-electron chi connectivity index (χ0n) is 7.07. The molecular weight excluding hydrogens is 154 g/mol. The molecule has 0 aliphatic heterocycles. The highest BCUT2D eigenvalue weighted by molar-refractivity contribution is 5.14. The Hall–Kier alpha value is -1.00. The molecule has 0 saturated heterocycles. The second kappa shape index (κ2) is 4.13. The van der Waals surface area contributed by atoms with Gasteiger partial charge in [-0.05, 0) is 18.6 Å². The summed E-state index contributed by atoms with van der Waals surface area (Å²) in [5.74, 6) is -0.0857. The maximum absolute atomic E-state index is 8.92. The first-order valence-electron chi connectivity index (χ1n) is 3.88. The van der Waals surface area contributed by atoms with Gasteiger partial charge in [0.1, 0.15) is 0 Å². The van der Waals surface area contributed by atoms with E-state index in [2.05, 4.69) is 10.2 Å². The Labute approximate surface area is 71.4 Å². The molecule has 12 heavy (non-hydrogen) atoms. The average Bonchev–Trinajstić information content (AvgIpc) is 2.07. The highest BCUT2D eigenvalue weighted by atomic mass is 16.3. The van der Waals surface area contributed by atoms with Gasteiger partial charge in [0.2, 0.25) is 0 Å². The summed E-state index contributed by atoms with van der Waals surface area (Å²) in [6.45, 7) is 2.35. The Balaban J connectivity index is 2.85. The lowest BCUT2D eigenvalue weighted by Gasteiger charge is -2.09. The molecule has 0 saturated carbocycles. The molecule has 0 spiro atoms. The fraction of sp³-hybridized carbons (Fsp3) is 0.500. The van der Waals surface area contributed by atoms with Crippen LogP contribution in [0.25, 0.3) is 0 Å². The normalized spacial score (nSPS) is 12.9. The second-order valence-corrected chi connectivity index (χ2v) is 2.77. The van der Waals surface area contributed by atoms with Crippen molar-refractivity contribution in [3.05, 3.63) is 23.5 Å². The van der Waals surface area contributed by atoms with E-state index in [0.717, 1.165) is 11.3 Å². The quantitative estimate of drug-likeness (QED) is 0.655. The van der Waals surface area contributed by atoms with E-state index in [1.807, 2.05) is 13.0 Å². The fourth-order valence-corrected chi connectivity index (χ4v) is 0.974. The van der Waals surface area contributed by atoms with Gasteiger partial charge >= 0.3 is 0 Å². The summed E-state index contributed by atoms with van der Waals surface area (Å²) in [7, 11) is 0. The Morgan fingerprint density at radius 2 is 2.42 bits per heavy atom. The number of nitrogens with zero attached hydrogens (tertiary/aromatic N) is 2. The van der Waals surface area contributed by atoms with Crippen molar-refractivity contribution in [2.45, 2.75) is 12.8 Å². The third kappa shape index (κ3) is 1.99. The monoisotopic (exact) mass is 167 g/mol. The number of nitrogens with two attached hydrogens (primary N) is 1. The van der Waals surface area contributed by atoms with Crippen molar-refractivity contribution in [2.75, 3.05) is 13.2 Å². The first kappa shape index (κ1) is 9.09. The molecule has 1 heterocycles. The lowest BCUT2D eigenvalue weighted by Crippen LogP contribution is -2.17. The molecule has 0 fully saturated rings. The molecule has 4 heteroatoms. The van der Waals surface area contributed by atoms with Crippen molar-refractivity contribution in [2.24, 2.45) is 5.73 Å². The summed E-state index contributed by atoms with van der Waals surface area (Å²) in [6, 6.07) is 1.89. The molecule has 0 aliphatic rings. The first-order chi connectivity index (χ1) is 5.77. The smallest absolute Gasteiger partial charge is 0.0700 e. The lowest BCUT2D eigenvalue weighted by atomic mass is 10.1. The number of aliphatic hydroxyl groups excluding tert-OH is 1. The summed E-state index contributed by atoms with van der Waals surface area (Å²) in [5, 5.41) is 16.6. The van der Waals surface area contributed by atoms with Crippen molar-refractivity contribution in [1.29, 1.82) is 0 Å². The predicted octanol–water partition coefficient (Wildman–Crippen LogP) is -0.180. The highest BCUT2D eigenvalue weighted by Crippen LogP contribution is 2.10. The van der Waals surface area contributed by atoms with Gasteiger partial charge in [-0.1, -0.05) is 0 Å². The summed E-state index contributed by atoms with van der Waals surface area (Å²) in [5.41, 5.74) is 7.24. The van der Waals surface area contributed by atoms with E-state index < -0.39 is 0 Å². The van der Waals surface area contributed by atoms with Gasteiger partial charge in [0.25, 0.3) is 0 Å². The minimum atomic E-state index is -0.0857. The van der Waals surface area contributed by atoms with Crippen molar-refractivity contribution in [3.8, 4) is 0 Å². The van der Waals surface area contributed by atoms with E-state index in [4.69, 9.17) is 10.8 Å². The topological polar surface area (TPSA) is 72.0 Å². The Kier molecular flexibility index (Phi) is 3.13. The fourth-order valence-electron chi connectivity index (χ4n) is 0.974. The Morgan fingerprint density at radius 1 is 1.67 bits per heavy atom. The van der Waals surface area contributed by atoms with Crippen LogP contribution in [0.5, 0.6) is 0 Å². The minimum absolute atomic E-state index is 0.0225. The highest BCUT2D eigenvalue weighted by Gasteiger charge is 2.09. The van der Waals surface area contributed by atoms with E-state index in [1.54, 1.807) is 6.20 Å². The number of rotatable bonds is 3. The minimum Gasteiger partial charge on any atom is -0.396 e. The van der Waals surface area contributed by atoms with E-state index in [0.29, 0.717) is 6.54 Å². The van der Waals surface area contributed by atoms with Gasteiger partial charge in [-0.3, -0.25) is 0 Å². The SMILES string of the molecule is Cc1cnnc(C(CN)CO)c1. The molecule has 1 aromatic rings. The summed E-state index contributed by atoms with van der Waals surface area (Å²) in [6.07, 6.45) is 1.68. The molecule has 1 unspecified atom stereocenters. The van der Waals surface area contributed by atoms with Crippen LogP contribution in [0.2, 0.25) is 0 Å². The molecule has 1 rings (SSSR count). The number of aryl methyl sites for hydroxylation is 1. The molecule has 0 aromatic carbocycles. The van der Waals surface area contributed by atoms with E-state index in [9.17, 15) is 0 Å². The zero-order valence-corrected chi connectivity index (χ0v) is 7.07. The molecule has 3 N–H and O–H groups in total. The third-order valence-corrected chi connectivity index (χ3v) is 1.73. The number of hydrogen-bond donors (Lipinski definition) is 2. The Morgan fingerprint density at radius 3 is 2.92 bits per heavy atom. The molecule has 0 bridgehead atoms. The molecule has 0 radical (unpaired) electrons. The van der Waals surface area contributed by atoms with Crippen molar-refractivity contribution in [3.63, 3.8) is 0 Å². The van der Waals surface area contributed by atoms with Gasteiger partial charge in [-0.15, -0.1) is 0 Å². The van der Waals surface area contributed by atoms with E-state index in [-0.39, 0.29) is 12.5 Å². The van der Waals surface area contributed by atoms with Gasteiger partial charge < -0.3 is 10.8 Å². The molecule has 1 aromatic heterocycles. The zero-order chi connectivity index (χ0) is 8.97. The summed E-state index contributed by atoms with van der Waals surface area (Å²) >= 11 is 0. The van der Waals surface area contributed by atoms with Crippen molar-refractivity contribution in [1.82, 2.24) is 10.2 Å². The summed E-state index contributed by atoms with van der Waals surface area (Å²) < 4.78 is 0. The molecule has 1 atom stereocenters. The number of aliphatic hydroxyl groups is 1. The molecular formula is C8H13N3O. The van der Waals surface area contributed by atoms with Crippen molar-refractivity contribution < 1.29 is 5.11 Å². The van der Waals surface area contributed by atoms with Crippen LogP contribution < -0.4 is 5.73 Å². The van der Waals surface area contributed by atoms with Crippen LogP contribution in [0.3, 0.4) is 0 Å². The average molecular weight is 167 g/mol. The van der Waals surface area contributed by atoms with Crippen LogP contribution >= 0.6 is 0 Å². The largest absolute Gasteiger partial charge is 0.396 e. The molecule has 0 amide bonds. The van der Waals surface area contributed by atoms with Gasteiger partial charge in [-0.25, -0.2) is 0 Å². The second-order valence-electron chi connectivity index (χ2n) is 2.77. The van der Waals surface area contributed by atoms with Crippen molar-refractivity contribution >= 4 is 0 Å². The van der Waals surface area contributed by atoms with Crippen LogP contribution in [0.4, 0.5) is 0 Å². The van der Waals surface area contributed by atoms with Crippen LogP contribution in [0.15, 0.2) is 12.3 Å². The number of hydrogen-bond acceptors (Lipinski definition) is 4. The standard InChI is InChI=1S/C8H13N3O/c1-6-2-8(11-10-4-6)7(3-9)5-12/h2,4,7,12H,3,5,9H2,1H3. The van der Waals surface area contributed by atoms with Crippen LogP contribution in [0.1, 0.15) is 17.2 Å². The van der Waals surface area contributed by atoms with Crippen LogP contribution in [-0.4, -0.2) is 28.5 Å². The maximum Gasteiger partial charge on any atom is 0.0700 e. The third-order valence-electron chi connectivity index (χ3n) is 1.73. The molecule has 66 valence electrons. The predicted molar refractivity (Wildman–Crippen MR) is 45.7 cm³/mol. The first-order valence-corrected chi connectivity index (χ1v) is 3.88. The van der Waals surface area contributed by atoms with Crippen LogP contribution in [-0.2, 0) is 0 Å². The van der Waals surface area contributed by atoms with Gasteiger partial charge in [-0.2, -0.15) is 10.2 Å². The van der Waals surface area contributed by atoms with E-state index in [1.165, 1.54) is 0 Å². The van der Waals surface area contributed by atoms with Gasteiger partial charge in [0.05, 0.1) is 18.5 Å².